The van der Waals surface area contributed by atoms with E-state index in [1.165, 1.54) is 22.3 Å². The molecule has 0 atom stereocenters. The predicted octanol–water partition coefficient (Wildman–Crippen LogP) is 6.74. The monoisotopic (exact) mass is 445 g/mol. The summed E-state index contributed by atoms with van der Waals surface area (Å²) >= 11 is 0. The zero-order valence-corrected chi connectivity index (χ0v) is 19.8. The topological polar surface area (TPSA) is 18.8 Å². The lowest BCUT2D eigenvalue weighted by molar-refractivity contribution is 0.336. The van der Waals surface area contributed by atoms with E-state index in [0.717, 1.165) is 48.9 Å². The van der Waals surface area contributed by atoms with Crippen molar-refractivity contribution in [1.82, 2.24) is 9.80 Å². The summed E-state index contributed by atoms with van der Waals surface area (Å²) in [5.74, 6) is 0.983. The first-order chi connectivity index (χ1) is 16.6. The fourth-order valence-electron chi connectivity index (χ4n) is 5.07. The summed E-state index contributed by atoms with van der Waals surface area (Å²) in [6.07, 6.45) is 1.79. The van der Waals surface area contributed by atoms with Crippen molar-refractivity contribution in [2.45, 2.75) is 25.8 Å². The minimum absolute atomic E-state index is 0.0405. The summed E-state index contributed by atoms with van der Waals surface area (Å²) in [5.41, 5.74) is 8.37. The summed E-state index contributed by atoms with van der Waals surface area (Å²) in [7, 11) is 0. The Hall–Kier alpha value is -3.85. The molecule has 5 rings (SSSR count). The van der Waals surface area contributed by atoms with Crippen LogP contribution in [0, 0.1) is 0 Å². The fourth-order valence-corrected chi connectivity index (χ4v) is 5.07. The zero-order valence-electron chi connectivity index (χ0n) is 19.8. The minimum Gasteiger partial charge on any atom is -0.369 e. The van der Waals surface area contributed by atoms with Gasteiger partial charge in [0.15, 0.2) is 0 Å². The second-order valence-corrected chi connectivity index (χ2v) is 9.03. The Balaban J connectivity index is 1.42. The summed E-state index contributed by atoms with van der Waals surface area (Å²) in [5, 5.41) is 0. The van der Waals surface area contributed by atoms with Crippen LogP contribution in [-0.2, 0) is 6.42 Å². The lowest BCUT2D eigenvalue weighted by Gasteiger charge is -2.42. The molecule has 3 heteroatoms. The molecule has 0 saturated heterocycles. The highest BCUT2D eigenvalue weighted by atomic mass is 15.3. The average Bonchev–Trinajstić information content (AvgIpc) is 2.88. The van der Waals surface area contributed by atoms with Gasteiger partial charge in [0, 0.05) is 29.9 Å². The molecule has 2 heterocycles. The summed E-state index contributed by atoms with van der Waals surface area (Å²) in [6, 6.07) is 31.9. The molecule has 3 aromatic rings. The number of hydrogen-bond donors (Lipinski definition) is 0. The largest absolute Gasteiger partial charge is 0.369 e. The highest BCUT2D eigenvalue weighted by Crippen LogP contribution is 2.39. The van der Waals surface area contributed by atoms with Crippen LogP contribution in [0.3, 0.4) is 0 Å². The molecule has 3 nitrogen and oxygen atoms in total. The van der Waals surface area contributed by atoms with Gasteiger partial charge in [0.25, 0.3) is 0 Å². The molecule has 0 radical (unpaired) electrons. The van der Waals surface area contributed by atoms with E-state index in [4.69, 9.17) is 4.99 Å². The average molecular weight is 446 g/mol. The van der Waals surface area contributed by atoms with Crippen LogP contribution in [0.5, 0.6) is 0 Å². The van der Waals surface area contributed by atoms with Crippen molar-refractivity contribution in [3.05, 3.63) is 144 Å². The molecule has 2 aliphatic heterocycles. The zero-order chi connectivity index (χ0) is 23.5. The Labute approximate surface area is 203 Å². The Morgan fingerprint density at radius 2 is 1.44 bits per heavy atom. The molecular weight excluding hydrogens is 414 g/mol. The maximum atomic E-state index is 5.13. The SMILES string of the molecule is C=C(Cc1ccccc1)N1CCC2=C(C1)N=C(C)N(C(c1ccccc1)c1ccccc1)C2=C. The maximum absolute atomic E-state index is 5.13. The van der Waals surface area contributed by atoms with Crippen LogP contribution in [-0.4, -0.2) is 28.7 Å². The van der Waals surface area contributed by atoms with Crippen molar-refractivity contribution in [3.8, 4) is 0 Å². The summed E-state index contributed by atoms with van der Waals surface area (Å²) in [6.45, 7) is 12.8. The van der Waals surface area contributed by atoms with E-state index in [1.807, 2.05) is 0 Å². The van der Waals surface area contributed by atoms with Gasteiger partial charge < -0.3 is 9.80 Å². The van der Waals surface area contributed by atoms with Gasteiger partial charge in [-0.15, -0.1) is 0 Å². The lowest BCUT2D eigenvalue weighted by atomic mass is 9.92. The number of rotatable bonds is 6. The van der Waals surface area contributed by atoms with E-state index in [0.29, 0.717) is 0 Å². The molecule has 0 N–H and O–H groups in total. The third kappa shape index (κ3) is 4.34. The Morgan fingerprint density at radius 3 is 2.03 bits per heavy atom. The highest BCUT2D eigenvalue weighted by molar-refractivity contribution is 5.86. The van der Waals surface area contributed by atoms with E-state index < -0.39 is 0 Å². The van der Waals surface area contributed by atoms with Crippen molar-refractivity contribution in [2.75, 3.05) is 13.1 Å². The molecular formula is C31H31N3. The van der Waals surface area contributed by atoms with Gasteiger partial charge in [0.2, 0.25) is 0 Å². The minimum atomic E-state index is 0.0405. The number of allylic oxidation sites excluding steroid dienone is 2. The van der Waals surface area contributed by atoms with Gasteiger partial charge in [-0.1, -0.05) is 104 Å². The number of nitrogens with zero attached hydrogens (tertiary/aromatic N) is 3. The number of hydrogen-bond acceptors (Lipinski definition) is 3. The van der Waals surface area contributed by atoms with E-state index in [2.05, 4.69) is 121 Å². The van der Waals surface area contributed by atoms with E-state index >= 15 is 0 Å². The van der Waals surface area contributed by atoms with Crippen LogP contribution in [0.1, 0.15) is 36.1 Å². The van der Waals surface area contributed by atoms with Crippen LogP contribution < -0.4 is 0 Å². The third-order valence-electron chi connectivity index (χ3n) is 6.79. The second kappa shape index (κ2) is 9.56. The smallest absolute Gasteiger partial charge is 0.107 e. The van der Waals surface area contributed by atoms with E-state index in [9.17, 15) is 0 Å². The first-order valence-electron chi connectivity index (χ1n) is 11.9. The molecule has 0 saturated carbocycles. The summed E-state index contributed by atoms with van der Waals surface area (Å²) in [4.78, 5) is 9.82. The molecule has 34 heavy (non-hydrogen) atoms. The van der Waals surface area contributed by atoms with Crippen molar-refractivity contribution in [1.29, 1.82) is 0 Å². The van der Waals surface area contributed by atoms with Gasteiger partial charge in [-0.3, -0.25) is 0 Å². The third-order valence-corrected chi connectivity index (χ3v) is 6.79. The van der Waals surface area contributed by atoms with Gasteiger partial charge in [-0.2, -0.15) is 0 Å². The Morgan fingerprint density at radius 1 is 0.882 bits per heavy atom. The lowest BCUT2D eigenvalue weighted by Crippen LogP contribution is -2.40. The molecule has 170 valence electrons. The van der Waals surface area contributed by atoms with Gasteiger partial charge in [0.1, 0.15) is 5.84 Å². The van der Waals surface area contributed by atoms with Gasteiger partial charge >= 0.3 is 0 Å². The van der Waals surface area contributed by atoms with Crippen molar-refractivity contribution in [3.63, 3.8) is 0 Å². The van der Waals surface area contributed by atoms with Crippen molar-refractivity contribution < 1.29 is 0 Å². The van der Waals surface area contributed by atoms with Crippen LogP contribution >= 0.6 is 0 Å². The Kier molecular flexibility index (Phi) is 6.18. The van der Waals surface area contributed by atoms with E-state index in [-0.39, 0.29) is 6.04 Å². The molecule has 0 spiro atoms. The molecule has 0 amide bonds. The molecule has 0 fully saturated rings. The first kappa shape index (κ1) is 22.0. The van der Waals surface area contributed by atoms with Crippen LogP contribution in [0.4, 0.5) is 0 Å². The fraction of sp³-hybridized carbons (Fsp3) is 0.194. The van der Waals surface area contributed by atoms with Gasteiger partial charge in [0.05, 0.1) is 18.3 Å². The summed E-state index contributed by atoms with van der Waals surface area (Å²) < 4.78 is 0. The van der Waals surface area contributed by atoms with Gasteiger partial charge in [-0.25, -0.2) is 4.99 Å². The van der Waals surface area contributed by atoms with E-state index in [1.54, 1.807) is 0 Å². The van der Waals surface area contributed by atoms with Crippen LogP contribution in [0.2, 0.25) is 0 Å². The Bertz CT molecular complexity index is 1200. The first-order valence-corrected chi connectivity index (χ1v) is 11.9. The molecule has 3 aromatic carbocycles. The quantitative estimate of drug-likeness (QED) is 0.418. The molecule has 0 unspecified atom stereocenters. The van der Waals surface area contributed by atoms with Crippen molar-refractivity contribution in [2.24, 2.45) is 4.99 Å². The molecule has 0 aliphatic carbocycles. The van der Waals surface area contributed by atoms with Crippen LogP contribution in [0.25, 0.3) is 0 Å². The highest BCUT2D eigenvalue weighted by Gasteiger charge is 2.33. The van der Waals surface area contributed by atoms with Crippen molar-refractivity contribution >= 4 is 5.84 Å². The molecule has 0 aromatic heterocycles. The predicted molar refractivity (Wildman–Crippen MR) is 141 cm³/mol. The van der Waals surface area contributed by atoms with Crippen LogP contribution in [0.15, 0.2) is 132 Å². The second-order valence-electron chi connectivity index (χ2n) is 9.03. The maximum Gasteiger partial charge on any atom is 0.107 e. The van der Waals surface area contributed by atoms with Gasteiger partial charge in [-0.05, 0) is 30.0 Å². The number of aliphatic imine (C=N–C) groups is 1. The number of benzene rings is 3. The molecule has 0 bridgehead atoms. The number of amidine groups is 1. The standard InChI is InChI=1S/C31H31N3/c1-23(21-26-13-7-4-8-14-26)33-20-19-29-24(2)34(25(3)32-30(29)22-33)31(27-15-9-5-10-16-27)28-17-11-6-12-18-28/h4-18,31H,1-2,19-22H2,3H3. The normalized spacial score (nSPS) is 15.9. The molecule has 2 aliphatic rings.